The SMILES string of the molecule is CCOC(=O)N1CCC(NCCCN(C)C)CC1. The van der Waals surface area contributed by atoms with Gasteiger partial charge in [0.1, 0.15) is 0 Å². The third kappa shape index (κ3) is 5.69. The molecule has 5 heteroatoms. The lowest BCUT2D eigenvalue weighted by atomic mass is 10.1. The number of rotatable bonds is 6. The molecule has 1 fully saturated rings. The second-order valence-corrected chi connectivity index (χ2v) is 5.07. The molecule has 5 nitrogen and oxygen atoms in total. The number of nitrogens with one attached hydrogen (secondary N) is 1. The molecule has 0 aromatic rings. The third-order valence-electron chi connectivity index (χ3n) is 3.24. The summed E-state index contributed by atoms with van der Waals surface area (Å²) in [5.74, 6) is 0. The van der Waals surface area contributed by atoms with Gasteiger partial charge in [-0.2, -0.15) is 0 Å². The van der Waals surface area contributed by atoms with Gasteiger partial charge in [0.2, 0.25) is 0 Å². The molecule has 1 N–H and O–H groups in total. The van der Waals surface area contributed by atoms with E-state index in [1.807, 2.05) is 11.8 Å². The molecule has 1 rings (SSSR count). The van der Waals surface area contributed by atoms with Crippen LogP contribution in [0.2, 0.25) is 0 Å². The van der Waals surface area contributed by atoms with Crippen LogP contribution in [-0.4, -0.2) is 68.8 Å². The van der Waals surface area contributed by atoms with Gasteiger partial charge < -0.3 is 19.9 Å². The Kier molecular flexibility index (Phi) is 7.05. The average molecular weight is 257 g/mol. The highest BCUT2D eigenvalue weighted by atomic mass is 16.6. The van der Waals surface area contributed by atoms with E-state index in [9.17, 15) is 4.79 Å². The number of hydrogen-bond acceptors (Lipinski definition) is 4. The summed E-state index contributed by atoms with van der Waals surface area (Å²) in [6.45, 7) is 6.10. The monoisotopic (exact) mass is 257 g/mol. The Morgan fingerprint density at radius 2 is 2.06 bits per heavy atom. The van der Waals surface area contributed by atoms with Crippen LogP contribution >= 0.6 is 0 Å². The molecule has 0 saturated carbocycles. The number of amides is 1. The van der Waals surface area contributed by atoms with Gasteiger partial charge >= 0.3 is 6.09 Å². The Balaban J connectivity index is 2.10. The van der Waals surface area contributed by atoms with E-state index in [1.165, 1.54) is 6.42 Å². The van der Waals surface area contributed by atoms with E-state index >= 15 is 0 Å². The van der Waals surface area contributed by atoms with Crippen molar-refractivity contribution in [1.82, 2.24) is 15.1 Å². The molecule has 1 heterocycles. The van der Waals surface area contributed by atoms with Crippen LogP contribution < -0.4 is 5.32 Å². The Morgan fingerprint density at radius 1 is 1.39 bits per heavy atom. The van der Waals surface area contributed by atoms with Gasteiger partial charge in [-0.15, -0.1) is 0 Å². The smallest absolute Gasteiger partial charge is 0.409 e. The second-order valence-electron chi connectivity index (χ2n) is 5.07. The van der Waals surface area contributed by atoms with Crippen LogP contribution in [-0.2, 0) is 4.74 Å². The van der Waals surface area contributed by atoms with E-state index in [-0.39, 0.29) is 6.09 Å². The summed E-state index contributed by atoms with van der Waals surface area (Å²) in [4.78, 5) is 15.5. The van der Waals surface area contributed by atoms with Crippen LogP contribution in [0.1, 0.15) is 26.2 Å². The topological polar surface area (TPSA) is 44.8 Å². The zero-order valence-electron chi connectivity index (χ0n) is 11.9. The molecule has 0 aromatic carbocycles. The standard InChI is InChI=1S/C13H27N3O2/c1-4-18-13(17)16-10-6-12(7-11-16)14-8-5-9-15(2)3/h12,14H,4-11H2,1-3H3. The van der Waals surface area contributed by atoms with E-state index in [0.717, 1.165) is 39.0 Å². The Labute approximate surface area is 110 Å². The van der Waals surface area contributed by atoms with Crippen molar-refractivity contribution in [3.05, 3.63) is 0 Å². The molecule has 0 radical (unpaired) electrons. The van der Waals surface area contributed by atoms with Crippen molar-refractivity contribution in [3.63, 3.8) is 0 Å². The van der Waals surface area contributed by atoms with Crippen molar-refractivity contribution in [2.45, 2.75) is 32.2 Å². The molecule has 1 aliphatic heterocycles. The van der Waals surface area contributed by atoms with Gasteiger partial charge in [-0.1, -0.05) is 0 Å². The maximum atomic E-state index is 11.5. The van der Waals surface area contributed by atoms with Gasteiger partial charge in [0.25, 0.3) is 0 Å². The summed E-state index contributed by atoms with van der Waals surface area (Å²) in [5.41, 5.74) is 0. The van der Waals surface area contributed by atoms with Gasteiger partial charge in [-0.25, -0.2) is 4.79 Å². The second kappa shape index (κ2) is 8.32. The first-order valence-electron chi connectivity index (χ1n) is 6.93. The summed E-state index contributed by atoms with van der Waals surface area (Å²) >= 11 is 0. The number of ether oxygens (including phenoxy) is 1. The molecule has 0 spiro atoms. The highest BCUT2D eigenvalue weighted by Crippen LogP contribution is 2.11. The first-order chi connectivity index (χ1) is 8.63. The molecule has 106 valence electrons. The van der Waals surface area contributed by atoms with Crippen LogP contribution in [0.25, 0.3) is 0 Å². The maximum absolute atomic E-state index is 11.5. The summed E-state index contributed by atoms with van der Waals surface area (Å²) in [7, 11) is 4.19. The molecule has 0 bridgehead atoms. The van der Waals surface area contributed by atoms with Crippen molar-refractivity contribution in [2.75, 3.05) is 46.9 Å². The van der Waals surface area contributed by atoms with Crippen LogP contribution in [0.3, 0.4) is 0 Å². The molecule has 0 aromatic heterocycles. The van der Waals surface area contributed by atoms with Crippen LogP contribution in [0.4, 0.5) is 4.79 Å². The predicted molar refractivity (Wildman–Crippen MR) is 72.8 cm³/mol. The highest BCUT2D eigenvalue weighted by molar-refractivity contribution is 5.67. The lowest BCUT2D eigenvalue weighted by Crippen LogP contribution is -2.45. The van der Waals surface area contributed by atoms with Gasteiger partial charge in [-0.3, -0.25) is 0 Å². The number of carbonyl (C=O) groups is 1. The third-order valence-corrected chi connectivity index (χ3v) is 3.24. The lowest BCUT2D eigenvalue weighted by molar-refractivity contribution is 0.0951. The molecule has 1 amide bonds. The number of nitrogens with zero attached hydrogens (tertiary/aromatic N) is 2. The van der Waals surface area contributed by atoms with Crippen molar-refractivity contribution in [2.24, 2.45) is 0 Å². The predicted octanol–water partition coefficient (Wildman–Crippen LogP) is 1.15. The molecular formula is C13H27N3O2. The van der Waals surface area contributed by atoms with Crippen molar-refractivity contribution >= 4 is 6.09 Å². The molecule has 0 unspecified atom stereocenters. The van der Waals surface area contributed by atoms with Crippen LogP contribution in [0.15, 0.2) is 0 Å². The minimum atomic E-state index is -0.163. The number of carbonyl (C=O) groups excluding carboxylic acids is 1. The molecule has 1 aliphatic rings. The largest absolute Gasteiger partial charge is 0.450 e. The van der Waals surface area contributed by atoms with E-state index in [4.69, 9.17) is 4.74 Å². The Hall–Kier alpha value is -0.810. The lowest BCUT2D eigenvalue weighted by Gasteiger charge is -2.31. The minimum Gasteiger partial charge on any atom is -0.450 e. The fourth-order valence-electron chi connectivity index (χ4n) is 2.18. The van der Waals surface area contributed by atoms with Crippen LogP contribution in [0, 0.1) is 0 Å². The highest BCUT2D eigenvalue weighted by Gasteiger charge is 2.22. The fourth-order valence-corrected chi connectivity index (χ4v) is 2.18. The van der Waals surface area contributed by atoms with Crippen molar-refractivity contribution in [3.8, 4) is 0 Å². The van der Waals surface area contributed by atoms with Gasteiger partial charge in [0.05, 0.1) is 6.61 Å². The number of likely N-dealkylation sites (tertiary alicyclic amines) is 1. The zero-order valence-corrected chi connectivity index (χ0v) is 11.9. The maximum Gasteiger partial charge on any atom is 0.409 e. The quantitative estimate of drug-likeness (QED) is 0.725. The average Bonchev–Trinajstić information content (AvgIpc) is 2.35. The molecular weight excluding hydrogens is 230 g/mol. The van der Waals surface area contributed by atoms with E-state index in [1.54, 1.807) is 0 Å². The van der Waals surface area contributed by atoms with Gasteiger partial charge in [-0.05, 0) is 53.4 Å². The normalized spacial score (nSPS) is 17.2. The van der Waals surface area contributed by atoms with Crippen molar-refractivity contribution < 1.29 is 9.53 Å². The van der Waals surface area contributed by atoms with E-state index in [0.29, 0.717) is 12.6 Å². The molecule has 1 saturated heterocycles. The number of hydrogen-bond donors (Lipinski definition) is 1. The molecule has 0 aliphatic carbocycles. The zero-order chi connectivity index (χ0) is 13.4. The van der Waals surface area contributed by atoms with Gasteiger partial charge in [0, 0.05) is 19.1 Å². The number of piperidine rings is 1. The van der Waals surface area contributed by atoms with Crippen molar-refractivity contribution in [1.29, 1.82) is 0 Å². The van der Waals surface area contributed by atoms with Gasteiger partial charge in [0.15, 0.2) is 0 Å². The summed E-state index contributed by atoms with van der Waals surface area (Å²) in [6, 6.07) is 0.554. The minimum absolute atomic E-state index is 0.163. The summed E-state index contributed by atoms with van der Waals surface area (Å²) in [6.07, 6.45) is 3.07. The molecule has 18 heavy (non-hydrogen) atoms. The Morgan fingerprint density at radius 3 is 2.61 bits per heavy atom. The Bertz CT molecular complexity index is 238. The molecule has 0 atom stereocenters. The van der Waals surface area contributed by atoms with E-state index < -0.39 is 0 Å². The summed E-state index contributed by atoms with van der Waals surface area (Å²) in [5, 5.41) is 3.56. The van der Waals surface area contributed by atoms with E-state index in [2.05, 4.69) is 24.3 Å². The summed E-state index contributed by atoms with van der Waals surface area (Å²) < 4.78 is 5.00. The first-order valence-corrected chi connectivity index (χ1v) is 6.93. The first kappa shape index (κ1) is 15.2. The fraction of sp³-hybridized carbons (Fsp3) is 0.923. The van der Waals surface area contributed by atoms with Crippen LogP contribution in [0.5, 0.6) is 0 Å².